The Balaban J connectivity index is 1.92. The minimum absolute atomic E-state index is 0.0856. The van der Waals surface area contributed by atoms with Crippen LogP contribution in [0.15, 0.2) is 0 Å². The van der Waals surface area contributed by atoms with E-state index in [-0.39, 0.29) is 12.5 Å². The first kappa shape index (κ1) is 7.49. The summed E-state index contributed by atoms with van der Waals surface area (Å²) in [7, 11) is 2.06. The number of ether oxygens (including phenoxy) is 2. The van der Waals surface area contributed by atoms with Gasteiger partial charge >= 0.3 is 0 Å². The minimum Gasteiger partial charge on any atom is -0.358 e. The Bertz CT molecular complexity index is 136. The van der Waals surface area contributed by atoms with Gasteiger partial charge in [-0.3, -0.25) is 10.2 Å². The van der Waals surface area contributed by atoms with Crippen molar-refractivity contribution in [2.75, 3.05) is 33.4 Å². The molecule has 11 heavy (non-hydrogen) atoms. The lowest BCUT2D eigenvalue weighted by Crippen LogP contribution is -2.43. The Kier molecular flexibility index (Phi) is 2.09. The second kappa shape index (κ2) is 3.06. The number of hydrogen-bond donors (Lipinski definition) is 1. The number of hydrogen-bond acceptors (Lipinski definition) is 4. The van der Waals surface area contributed by atoms with Gasteiger partial charge in [0, 0.05) is 13.1 Å². The van der Waals surface area contributed by atoms with Crippen LogP contribution in [0.2, 0.25) is 0 Å². The summed E-state index contributed by atoms with van der Waals surface area (Å²) in [5, 5.41) is 3.24. The van der Waals surface area contributed by atoms with Crippen LogP contribution in [0.5, 0.6) is 0 Å². The van der Waals surface area contributed by atoms with Crippen molar-refractivity contribution in [2.45, 2.75) is 12.5 Å². The fourth-order valence-electron chi connectivity index (χ4n) is 1.52. The highest BCUT2D eigenvalue weighted by Gasteiger charge is 2.32. The van der Waals surface area contributed by atoms with Crippen LogP contribution in [-0.2, 0) is 9.47 Å². The molecule has 0 aliphatic carbocycles. The van der Waals surface area contributed by atoms with Crippen LogP contribution in [0.25, 0.3) is 0 Å². The van der Waals surface area contributed by atoms with Crippen LogP contribution >= 0.6 is 0 Å². The molecule has 0 amide bonds. The fraction of sp³-hybridized carbons (Fsp3) is 1.00. The van der Waals surface area contributed by atoms with Crippen molar-refractivity contribution in [1.29, 1.82) is 0 Å². The lowest BCUT2D eigenvalue weighted by atomic mass is 10.4. The molecule has 4 heteroatoms. The van der Waals surface area contributed by atoms with Gasteiger partial charge in [-0.2, -0.15) is 0 Å². The molecule has 64 valence electrons. The maximum atomic E-state index is 5.49. The van der Waals surface area contributed by atoms with E-state index in [2.05, 4.69) is 17.3 Å². The summed E-state index contributed by atoms with van der Waals surface area (Å²) in [5.74, 6) is 0. The Labute approximate surface area is 66.5 Å². The molecule has 2 atom stereocenters. The van der Waals surface area contributed by atoms with Crippen LogP contribution < -0.4 is 5.32 Å². The predicted octanol–water partition coefficient (Wildman–Crippen LogP) is -0.780. The van der Waals surface area contributed by atoms with E-state index in [9.17, 15) is 0 Å². The van der Waals surface area contributed by atoms with E-state index in [0.29, 0.717) is 0 Å². The summed E-state index contributed by atoms with van der Waals surface area (Å²) in [6, 6.07) is 0. The van der Waals surface area contributed by atoms with Crippen molar-refractivity contribution >= 4 is 0 Å². The maximum absolute atomic E-state index is 5.49. The monoisotopic (exact) mass is 158 g/mol. The molecule has 0 radical (unpaired) electrons. The van der Waals surface area contributed by atoms with Crippen molar-refractivity contribution in [2.24, 2.45) is 0 Å². The summed E-state index contributed by atoms with van der Waals surface area (Å²) >= 11 is 0. The molecule has 0 saturated carbocycles. The molecule has 0 aromatic rings. The normalized spacial score (nSPS) is 40.1. The van der Waals surface area contributed by atoms with Crippen LogP contribution in [0.3, 0.4) is 0 Å². The van der Waals surface area contributed by atoms with Crippen LogP contribution in [0.1, 0.15) is 0 Å². The summed E-state index contributed by atoms with van der Waals surface area (Å²) in [5.41, 5.74) is 0. The fourth-order valence-corrected chi connectivity index (χ4v) is 1.52. The summed E-state index contributed by atoms with van der Waals surface area (Å²) in [6.07, 6.45) is 0.208. The molecular weight excluding hydrogens is 144 g/mol. The van der Waals surface area contributed by atoms with E-state index in [1.165, 1.54) is 0 Å². The third-order valence-electron chi connectivity index (χ3n) is 2.17. The predicted molar refractivity (Wildman–Crippen MR) is 40.1 cm³/mol. The molecule has 2 unspecified atom stereocenters. The first-order valence-corrected chi connectivity index (χ1v) is 4.05. The first-order valence-electron chi connectivity index (χ1n) is 4.05. The van der Waals surface area contributed by atoms with Gasteiger partial charge in [0.05, 0.1) is 13.2 Å². The largest absolute Gasteiger partial charge is 0.358 e. The van der Waals surface area contributed by atoms with E-state index in [1.54, 1.807) is 0 Å². The molecule has 0 aromatic carbocycles. The maximum Gasteiger partial charge on any atom is 0.150 e. The highest BCUT2D eigenvalue weighted by atomic mass is 16.6. The van der Waals surface area contributed by atoms with Crippen LogP contribution in [0, 0.1) is 0 Å². The molecule has 0 spiro atoms. The highest BCUT2D eigenvalue weighted by molar-refractivity contribution is 4.76. The van der Waals surface area contributed by atoms with Crippen molar-refractivity contribution in [3.05, 3.63) is 0 Å². The van der Waals surface area contributed by atoms with Gasteiger partial charge in [-0.15, -0.1) is 0 Å². The molecule has 4 nitrogen and oxygen atoms in total. The zero-order valence-corrected chi connectivity index (χ0v) is 6.75. The average Bonchev–Trinajstić information content (AvgIpc) is 2.55. The third kappa shape index (κ3) is 1.39. The summed E-state index contributed by atoms with van der Waals surface area (Å²) < 4.78 is 10.9. The van der Waals surface area contributed by atoms with E-state index in [0.717, 1.165) is 26.3 Å². The Morgan fingerprint density at radius 3 is 2.82 bits per heavy atom. The average molecular weight is 158 g/mol. The molecular formula is C7H14N2O2. The van der Waals surface area contributed by atoms with Crippen molar-refractivity contribution in [1.82, 2.24) is 10.2 Å². The number of nitrogens with zero attached hydrogens (tertiary/aromatic N) is 1. The van der Waals surface area contributed by atoms with E-state index in [1.807, 2.05) is 0 Å². The van der Waals surface area contributed by atoms with Gasteiger partial charge in [-0.25, -0.2) is 0 Å². The van der Waals surface area contributed by atoms with Crippen molar-refractivity contribution in [3.63, 3.8) is 0 Å². The SMILES string of the molecule is CN1CCOC1C1NCCO1. The molecule has 0 bridgehead atoms. The lowest BCUT2D eigenvalue weighted by molar-refractivity contribution is -0.0725. The zero-order valence-electron chi connectivity index (χ0n) is 6.75. The Morgan fingerprint density at radius 2 is 2.27 bits per heavy atom. The third-order valence-corrected chi connectivity index (χ3v) is 2.17. The van der Waals surface area contributed by atoms with Gasteiger partial charge in [0.25, 0.3) is 0 Å². The summed E-state index contributed by atoms with van der Waals surface area (Å²) in [4.78, 5) is 2.17. The second-order valence-corrected chi connectivity index (χ2v) is 2.99. The van der Waals surface area contributed by atoms with Gasteiger partial charge in [0.15, 0.2) is 0 Å². The highest BCUT2D eigenvalue weighted by Crippen LogP contribution is 2.13. The standard InChI is InChI=1S/C7H14N2O2/c1-9-3-5-11-7(9)6-8-2-4-10-6/h6-8H,2-5H2,1H3. The smallest absolute Gasteiger partial charge is 0.150 e. The Morgan fingerprint density at radius 1 is 1.36 bits per heavy atom. The van der Waals surface area contributed by atoms with Crippen molar-refractivity contribution in [3.8, 4) is 0 Å². The zero-order chi connectivity index (χ0) is 7.68. The van der Waals surface area contributed by atoms with Gasteiger partial charge in [-0.1, -0.05) is 0 Å². The Hall–Kier alpha value is -0.160. The molecule has 1 N–H and O–H groups in total. The van der Waals surface area contributed by atoms with Gasteiger partial charge < -0.3 is 9.47 Å². The van der Waals surface area contributed by atoms with E-state index < -0.39 is 0 Å². The molecule has 2 aliphatic heterocycles. The lowest BCUT2D eigenvalue weighted by Gasteiger charge is -2.23. The quantitative estimate of drug-likeness (QED) is 0.543. The second-order valence-electron chi connectivity index (χ2n) is 2.99. The van der Waals surface area contributed by atoms with E-state index in [4.69, 9.17) is 9.47 Å². The van der Waals surface area contributed by atoms with Gasteiger partial charge in [0.2, 0.25) is 0 Å². The van der Waals surface area contributed by atoms with Crippen LogP contribution in [-0.4, -0.2) is 50.7 Å². The van der Waals surface area contributed by atoms with Crippen molar-refractivity contribution < 1.29 is 9.47 Å². The molecule has 2 saturated heterocycles. The topological polar surface area (TPSA) is 33.7 Å². The number of nitrogens with one attached hydrogen (secondary N) is 1. The number of likely N-dealkylation sites (N-methyl/N-ethyl adjacent to an activating group) is 1. The van der Waals surface area contributed by atoms with Gasteiger partial charge in [-0.05, 0) is 7.05 Å². The van der Waals surface area contributed by atoms with E-state index >= 15 is 0 Å². The molecule has 2 rings (SSSR count). The molecule has 2 heterocycles. The van der Waals surface area contributed by atoms with Gasteiger partial charge in [0.1, 0.15) is 12.5 Å². The molecule has 2 aliphatic rings. The van der Waals surface area contributed by atoms with Crippen LogP contribution in [0.4, 0.5) is 0 Å². The summed E-state index contributed by atoms with van der Waals surface area (Å²) in [6.45, 7) is 3.58. The number of rotatable bonds is 1. The minimum atomic E-state index is 0.0856. The molecule has 0 aromatic heterocycles. The first-order chi connectivity index (χ1) is 5.38. The molecule has 2 fully saturated rings.